The van der Waals surface area contributed by atoms with Crippen LogP contribution >= 0.6 is 0 Å². The average Bonchev–Trinajstić information content (AvgIpc) is 2.52. The van der Waals surface area contributed by atoms with Crippen molar-refractivity contribution in [3.63, 3.8) is 0 Å². The summed E-state index contributed by atoms with van der Waals surface area (Å²) in [6.45, 7) is 0. The Balaban J connectivity index is 1.98. The maximum Gasteiger partial charge on any atom is 0.392 e. The lowest BCUT2D eigenvalue weighted by Gasteiger charge is -2.31. The van der Waals surface area contributed by atoms with Gasteiger partial charge in [0.25, 0.3) is 0 Å². The number of halogens is 3. The normalized spacial score (nSPS) is 22.0. The van der Waals surface area contributed by atoms with E-state index in [9.17, 15) is 18.0 Å². The molecule has 6 nitrogen and oxygen atoms in total. The highest BCUT2D eigenvalue weighted by molar-refractivity contribution is 5.80. The fraction of sp³-hybridized carbons (Fsp3) is 0.615. The molecule has 1 fully saturated rings. The highest BCUT2D eigenvalue weighted by Gasteiger charge is 2.48. The van der Waals surface area contributed by atoms with Crippen LogP contribution in [0.5, 0.6) is 5.88 Å². The largest absolute Gasteiger partial charge is 0.481 e. The zero-order valence-electron chi connectivity index (χ0n) is 12.0. The molecule has 1 aliphatic carbocycles. The van der Waals surface area contributed by atoms with E-state index < -0.39 is 23.9 Å². The molecule has 0 unspecified atom stereocenters. The number of alkyl halides is 3. The van der Waals surface area contributed by atoms with Gasteiger partial charge in [0.1, 0.15) is 0 Å². The molecule has 2 atom stereocenters. The smallest absolute Gasteiger partial charge is 0.392 e. The maximum absolute atomic E-state index is 13.0. The van der Waals surface area contributed by atoms with Crippen LogP contribution in [0.15, 0.2) is 12.3 Å². The van der Waals surface area contributed by atoms with Crippen molar-refractivity contribution in [2.24, 2.45) is 11.8 Å². The molecule has 1 heterocycles. The summed E-state index contributed by atoms with van der Waals surface area (Å²) >= 11 is 0. The standard InChI is InChI=1S/C13H17F3N4O2/c1-22-10-6-7-17-12(18-10)20-19-11(21)8-4-2-3-5-9(8)13(14,15)16/h6-9H,2-5H2,1H3,(H,19,21)(H,17,18,20)/t8-,9-/m0/s1. The Morgan fingerprint density at radius 1 is 1.36 bits per heavy atom. The number of ether oxygens (including phenoxy) is 1. The van der Waals surface area contributed by atoms with Gasteiger partial charge in [0.2, 0.25) is 17.7 Å². The van der Waals surface area contributed by atoms with Gasteiger partial charge in [0.15, 0.2) is 0 Å². The molecule has 2 rings (SSSR count). The van der Waals surface area contributed by atoms with Gasteiger partial charge in [0.05, 0.1) is 18.9 Å². The average molecular weight is 318 g/mol. The summed E-state index contributed by atoms with van der Waals surface area (Å²) in [5.41, 5.74) is 4.67. The van der Waals surface area contributed by atoms with Crippen molar-refractivity contribution in [1.82, 2.24) is 15.4 Å². The minimum absolute atomic E-state index is 0.0166. The van der Waals surface area contributed by atoms with Crippen LogP contribution in [-0.2, 0) is 4.79 Å². The van der Waals surface area contributed by atoms with Crippen LogP contribution in [0.25, 0.3) is 0 Å². The number of anilines is 1. The van der Waals surface area contributed by atoms with Crippen LogP contribution in [0.3, 0.4) is 0 Å². The van der Waals surface area contributed by atoms with Crippen molar-refractivity contribution < 1.29 is 22.7 Å². The Morgan fingerprint density at radius 2 is 2.09 bits per heavy atom. The number of hydrazine groups is 1. The van der Waals surface area contributed by atoms with Crippen LogP contribution in [-0.4, -0.2) is 29.2 Å². The number of hydrogen-bond donors (Lipinski definition) is 2. The first-order valence-corrected chi connectivity index (χ1v) is 6.91. The number of methoxy groups -OCH3 is 1. The molecule has 0 spiro atoms. The van der Waals surface area contributed by atoms with Gasteiger partial charge in [-0.25, -0.2) is 4.98 Å². The number of aromatic nitrogens is 2. The highest BCUT2D eigenvalue weighted by Crippen LogP contribution is 2.41. The van der Waals surface area contributed by atoms with Crippen LogP contribution in [0.1, 0.15) is 25.7 Å². The number of carbonyl (C=O) groups excluding carboxylic acids is 1. The molecular weight excluding hydrogens is 301 g/mol. The number of carbonyl (C=O) groups is 1. The summed E-state index contributed by atoms with van der Waals surface area (Å²) < 4.78 is 43.8. The van der Waals surface area contributed by atoms with E-state index in [1.54, 1.807) is 0 Å². The van der Waals surface area contributed by atoms with Crippen molar-refractivity contribution in [2.75, 3.05) is 12.5 Å². The van der Waals surface area contributed by atoms with E-state index >= 15 is 0 Å². The molecule has 0 aliphatic heterocycles. The molecule has 0 radical (unpaired) electrons. The van der Waals surface area contributed by atoms with Crippen LogP contribution in [0.2, 0.25) is 0 Å². The molecule has 0 saturated heterocycles. The molecule has 22 heavy (non-hydrogen) atoms. The number of nitrogens with zero attached hydrogens (tertiary/aromatic N) is 2. The van der Waals surface area contributed by atoms with Gasteiger partial charge in [-0.15, -0.1) is 0 Å². The topological polar surface area (TPSA) is 76.1 Å². The van der Waals surface area contributed by atoms with Gasteiger partial charge < -0.3 is 4.74 Å². The van der Waals surface area contributed by atoms with Crippen molar-refractivity contribution in [2.45, 2.75) is 31.9 Å². The number of rotatable bonds is 4. The quantitative estimate of drug-likeness (QED) is 0.833. The van der Waals surface area contributed by atoms with E-state index in [4.69, 9.17) is 4.74 Å². The Morgan fingerprint density at radius 3 is 2.77 bits per heavy atom. The SMILES string of the molecule is COc1ccnc(NNC(=O)[C@H]2CCCC[C@@H]2C(F)(F)F)n1. The van der Waals surface area contributed by atoms with E-state index in [2.05, 4.69) is 20.8 Å². The third kappa shape index (κ3) is 3.99. The minimum atomic E-state index is -4.37. The fourth-order valence-electron chi connectivity index (χ4n) is 2.56. The molecule has 1 aromatic rings. The van der Waals surface area contributed by atoms with Crippen molar-refractivity contribution >= 4 is 11.9 Å². The molecule has 1 aromatic heterocycles. The van der Waals surface area contributed by atoms with E-state index in [1.807, 2.05) is 0 Å². The Bertz CT molecular complexity index is 524. The van der Waals surface area contributed by atoms with Gasteiger partial charge >= 0.3 is 6.18 Å². The molecule has 1 aliphatic rings. The van der Waals surface area contributed by atoms with Gasteiger partial charge in [-0.1, -0.05) is 12.8 Å². The second-order valence-corrected chi connectivity index (χ2v) is 5.08. The number of amides is 1. The first kappa shape index (κ1) is 16.3. The summed E-state index contributed by atoms with van der Waals surface area (Å²) in [4.78, 5) is 19.8. The second-order valence-electron chi connectivity index (χ2n) is 5.08. The van der Waals surface area contributed by atoms with Gasteiger partial charge in [-0.3, -0.25) is 15.6 Å². The van der Waals surface area contributed by atoms with E-state index in [-0.39, 0.29) is 24.7 Å². The zero-order chi connectivity index (χ0) is 16.2. The fourth-order valence-corrected chi connectivity index (χ4v) is 2.56. The monoisotopic (exact) mass is 318 g/mol. The Kier molecular flexibility index (Phi) is 5.04. The van der Waals surface area contributed by atoms with Gasteiger partial charge in [0, 0.05) is 12.3 Å². The third-order valence-electron chi connectivity index (χ3n) is 3.66. The lowest BCUT2D eigenvalue weighted by molar-refractivity contribution is -0.198. The predicted molar refractivity (Wildman–Crippen MR) is 71.9 cm³/mol. The summed E-state index contributed by atoms with van der Waals surface area (Å²) in [5.74, 6) is -3.07. The summed E-state index contributed by atoms with van der Waals surface area (Å²) in [5, 5.41) is 0. The minimum Gasteiger partial charge on any atom is -0.481 e. The Labute approximate surface area is 125 Å². The predicted octanol–water partition coefficient (Wildman–Crippen LogP) is 2.30. The lowest BCUT2D eigenvalue weighted by atomic mass is 9.78. The first-order valence-electron chi connectivity index (χ1n) is 6.91. The first-order chi connectivity index (χ1) is 10.4. The molecule has 122 valence electrons. The molecule has 2 N–H and O–H groups in total. The van der Waals surface area contributed by atoms with Crippen LogP contribution in [0.4, 0.5) is 19.1 Å². The van der Waals surface area contributed by atoms with Gasteiger partial charge in [-0.2, -0.15) is 18.2 Å². The summed E-state index contributed by atoms with van der Waals surface area (Å²) in [6.07, 6.45) is -1.66. The maximum atomic E-state index is 13.0. The molecule has 1 saturated carbocycles. The van der Waals surface area contributed by atoms with E-state index in [1.165, 1.54) is 19.4 Å². The summed E-state index contributed by atoms with van der Waals surface area (Å²) in [7, 11) is 1.42. The number of hydrogen-bond acceptors (Lipinski definition) is 5. The Hall–Kier alpha value is -2.06. The molecule has 9 heteroatoms. The van der Waals surface area contributed by atoms with Crippen molar-refractivity contribution in [3.05, 3.63) is 12.3 Å². The van der Waals surface area contributed by atoms with Crippen LogP contribution < -0.4 is 15.6 Å². The third-order valence-corrected chi connectivity index (χ3v) is 3.66. The molecule has 0 bridgehead atoms. The van der Waals surface area contributed by atoms with Gasteiger partial charge in [-0.05, 0) is 12.8 Å². The van der Waals surface area contributed by atoms with Crippen molar-refractivity contribution in [1.29, 1.82) is 0 Å². The second kappa shape index (κ2) is 6.80. The molecular formula is C13H17F3N4O2. The molecule has 0 aromatic carbocycles. The van der Waals surface area contributed by atoms with Crippen molar-refractivity contribution in [3.8, 4) is 5.88 Å². The summed E-state index contributed by atoms with van der Waals surface area (Å²) in [6, 6.07) is 1.51. The van der Waals surface area contributed by atoms with E-state index in [0.717, 1.165) is 0 Å². The highest BCUT2D eigenvalue weighted by atomic mass is 19.4. The number of nitrogens with one attached hydrogen (secondary N) is 2. The lowest BCUT2D eigenvalue weighted by Crippen LogP contribution is -2.44. The van der Waals surface area contributed by atoms with E-state index in [0.29, 0.717) is 12.8 Å². The molecule has 1 amide bonds. The van der Waals surface area contributed by atoms with Crippen LogP contribution in [0, 0.1) is 11.8 Å². The zero-order valence-corrected chi connectivity index (χ0v) is 12.0.